The van der Waals surface area contributed by atoms with Gasteiger partial charge in [-0.2, -0.15) is 5.10 Å². The maximum Gasteiger partial charge on any atom is 0.267 e. The summed E-state index contributed by atoms with van der Waals surface area (Å²) >= 11 is 5.88. The first-order valence-electron chi connectivity index (χ1n) is 8.42. The number of hydrogen-bond donors (Lipinski definition) is 1. The van der Waals surface area contributed by atoms with E-state index < -0.39 is 24.7 Å². The molecule has 0 aliphatic heterocycles. The Morgan fingerprint density at radius 1 is 1.17 bits per heavy atom. The number of primary amides is 1. The third kappa shape index (κ3) is 3.56. The number of pyridine rings is 1. The van der Waals surface area contributed by atoms with Gasteiger partial charge in [0.15, 0.2) is 0 Å². The monoisotopic (exact) mass is 419 g/mol. The zero-order chi connectivity index (χ0) is 20.7. The lowest BCUT2D eigenvalue weighted by molar-refractivity contribution is 0.0994. The van der Waals surface area contributed by atoms with Crippen LogP contribution in [-0.2, 0) is 6.54 Å². The summed E-state index contributed by atoms with van der Waals surface area (Å²) in [6, 6.07) is 7.39. The Kier molecular flexibility index (Phi) is 4.75. The quantitative estimate of drug-likeness (QED) is 0.530. The van der Waals surface area contributed by atoms with Gasteiger partial charge in [-0.3, -0.25) is 13.9 Å². The van der Waals surface area contributed by atoms with Gasteiger partial charge in [-0.05, 0) is 30.3 Å². The van der Waals surface area contributed by atoms with Crippen LogP contribution in [-0.4, -0.2) is 31.5 Å². The number of fused-ring (bicyclic) bond motifs is 1. The number of alkyl halides is 2. The van der Waals surface area contributed by atoms with Crippen LogP contribution in [0.5, 0.6) is 0 Å². The van der Waals surface area contributed by atoms with Crippen LogP contribution in [0, 0.1) is 5.82 Å². The molecule has 148 valence electrons. The first-order valence-corrected chi connectivity index (χ1v) is 8.79. The van der Waals surface area contributed by atoms with Crippen LogP contribution in [0.1, 0.15) is 10.5 Å². The first kappa shape index (κ1) is 19.0. The first-order chi connectivity index (χ1) is 13.8. The molecule has 0 saturated carbocycles. The highest BCUT2D eigenvalue weighted by molar-refractivity contribution is 6.31. The Morgan fingerprint density at radius 3 is 2.62 bits per heavy atom. The molecule has 2 N–H and O–H groups in total. The predicted molar refractivity (Wildman–Crippen MR) is 101 cm³/mol. The SMILES string of the molecule is NC(=O)c1cnc2ccc(-c3cn(CC(F)F)nc3-c3ccc(F)c(Cl)c3)cn12. The third-order valence-corrected chi connectivity index (χ3v) is 4.64. The highest BCUT2D eigenvalue weighted by Gasteiger charge is 2.18. The van der Waals surface area contributed by atoms with Gasteiger partial charge in [0, 0.05) is 29.1 Å². The predicted octanol–water partition coefficient (Wildman–Crippen LogP) is 4.02. The van der Waals surface area contributed by atoms with E-state index in [1.54, 1.807) is 18.3 Å². The second kappa shape index (κ2) is 7.25. The number of carbonyl (C=O) groups excluding carboxylic acids is 1. The zero-order valence-electron chi connectivity index (χ0n) is 14.7. The molecule has 3 aromatic heterocycles. The van der Waals surface area contributed by atoms with Crippen molar-refractivity contribution in [2.24, 2.45) is 5.73 Å². The van der Waals surface area contributed by atoms with Crippen molar-refractivity contribution in [3.63, 3.8) is 0 Å². The van der Waals surface area contributed by atoms with Gasteiger partial charge in [-0.15, -0.1) is 0 Å². The molecule has 1 aromatic carbocycles. The maximum absolute atomic E-state index is 13.6. The van der Waals surface area contributed by atoms with Gasteiger partial charge in [-0.1, -0.05) is 11.6 Å². The summed E-state index contributed by atoms with van der Waals surface area (Å²) in [5.74, 6) is -1.26. The minimum atomic E-state index is -2.61. The zero-order valence-corrected chi connectivity index (χ0v) is 15.4. The van der Waals surface area contributed by atoms with Gasteiger partial charge in [0.05, 0.1) is 11.2 Å². The molecule has 4 aromatic rings. The van der Waals surface area contributed by atoms with Crippen LogP contribution in [0.15, 0.2) is 48.9 Å². The highest BCUT2D eigenvalue weighted by atomic mass is 35.5. The lowest BCUT2D eigenvalue weighted by Crippen LogP contribution is -2.13. The summed E-state index contributed by atoms with van der Waals surface area (Å²) in [4.78, 5) is 15.7. The smallest absolute Gasteiger partial charge is 0.267 e. The van der Waals surface area contributed by atoms with E-state index in [9.17, 15) is 18.0 Å². The number of benzene rings is 1. The minimum Gasteiger partial charge on any atom is -0.364 e. The van der Waals surface area contributed by atoms with Crippen LogP contribution >= 0.6 is 11.6 Å². The van der Waals surface area contributed by atoms with Crippen LogP contribution in [0.2, 0.25) is 5.02 Å². The maximum atomic E-state index is 13.6. The van der Waals surface area contributed by atoms with Crippen molar-refractivity contribution in [2.75, 3.05) is 0 Å². The van der Waals surface area contributed by atoms with Gasteiger partial charge >= 0.3 is 0 Å². The Bertz CT molecular complexity index is 1230. The number of nitrogens with zero attached hydrogens (tertiary/aromatic N) is 4. The van der Waals surface area contributed by atoms with E-state index in [0.717, 1.165) is 4.68 Å². The normalized spacial score (nSPS) is 11.5. The Labute approximate surface area is 167 Å². The van der Waals surface area contributed by atoms with Crippen LogP contribution in [0.25, 0.3) is 28.0 Å². The van der Waals surface area contributed by atoms with Gasteiger partial charge in [0.1, 0.15) is 29.4 Å². The molecule has 0 aliphatic rings. The van der Waals surface area contributed by atoms with E-state index in [2.05, 4.69) is 10.1 Å². The molecule has 0 saturated heterocycles. The second-order valence-electron chi connectivity index (χ2n) is 6.29. The van der Waals surface area contributed by atoms with Crippen LogP contribution in [0.3, 0.4) is 0 Å². The van der Waals surface area contributed by atoms with Gasteiger partial charge in [0.2, 0.25) is 0 Å². The number of amides is 1. The molecule has 1 amide bonds. The Morgan fingerprint density at radius 2 is 1.93 bits per heavy atom. The molecule has 0 bridgehead atoms. The number of imidazole rings is 1. The lowest BCUT2D eigenvalue weighted by atomic mass is 10.0. The van der Waals surface area contributed by atoms with Crippen LogP contribution < -0.4 is 5.73 Å². The molecule has 0 fully saturated rings. The summed E-state index contributed by atoms with van der Waals surface area (Å²) in [6.45, 7) is -0.609. The number of rotatable bonds is 5. The van der Waals surface area contributed by atoms with Crippen molar-refractivity contribution >= 4 is 23.2 Å². The topological polar surface area (TPSA) is 78.2 Å². The van der Waals surface area contributed by atoms with E-state index >= 15 is 0 Å². The van der Waals surface area contributed by atoms with Crippen molar-refractivity contribution < 1.29 is 18.0 Å². The molecule has 0 atom stereocenters. The minimum absolute atomic E-state index is 0.113. The fraction of sp³-hybridized carbons (Fsp3) is 0.105. The fourth-order valence-electron chi connectivity index (χ4n) is 3.05. The fourth-order valence-corrected chi connectivity index (χ4v) is 3.23. The lowest BCUT2D eigenvalue weighted by Gasteiger charge is -2.06. The summed E-state index contributed by atoms with van der Waals surface area (Å²) in [5.41, 5.74) is 7.92. The second-order valence-corrected chi connectivity index (χ2v) is 6.69. The third-order valence-electron chi connectivity index (χ3n) is 4.35. The van der Waals surface area contributed by atoms with Crippen molar-refractivity contribution in [3.05, 3.63) is 65.5 Å². The molecule has 10 heteroatoms. The van der Waals surface area contributed by atoms with Gasteiger partial charge < -0.3 is 5.73 Å². The summed E-state index contributed by atoms with van der Waals surface area (Å²) in [7, 11) is 0. The van der Waals surface area contributed by atoms with Crippen molar-refractivity contribution in [2.45, 2.75) is 13.0 Å². The molecule has 29 heavy (non-hydrogen) atoms. The molecule has 0 spiro atoms. The molecule has 3 heterocycles. The molecule has 0 unspecified atom stereocenters. The largest absolute Gasteiger partial charge is 0.364 e. The van der Waals surface area contributed by atoms with E-state index in [1.165, 1.54) is 35.0 Å². The number of carbonyl (C=O) groups is 1. The average Bonchev–Trinajstić information content (AvgIpc) is 3.27. The summed E-state index contributed by atoms with van der Waals surface area (Å²) < 4.78 is 42.0. The molecule has 0 aliphatic carbocycles. The van der Waals surface area contributed by atoms with Crippen LogP contribution in [0.4, 0.5) is 13.2 Å². The number of nitrogens with two attached hydrogens (primary N) is 1. The Balaban J connectivity index is 1.91. The standard InChI is InChI=1S/C19H13ClF3N5O/c20-13-5-10(1-3-14(13)21)18-12(8-27(26-18)9-16(22)23)11-2-4-17-25-6-15(19(24)29)28(17)7-11/h1-8,16H,9H2,(H2,24,29). The summed E-state index contributed by atoms with van der Waals surface area (Å²) in [6.07, 6.45) is 1.81. The Hall–Kier alpha value is -3.33. The van der Waals surface area contributed by atoms with Gasteiger partial charge in [-0.25, -0.2) is 18.2 Å². The van der Waals surface area contributed by atoms with Crippen molar-refractivity contribution in [1.82, 2.24) is 19.2 Å². The van der Waals surface area contributed by atoms with E-state index in [-0.39, 0.29) is 10.7 Å². The van der Waals surface area contributed by atoms with Crippen molar-refractivity contribution in [3.8, 4) is 22.4 Å². The van der Waals surface area contributed by atoms with E-state index in [1.807, 2.05) is 0 Å². The van der Waals surface area contributed by atoms with E-state index in [0.29, 0.717) is 28.0 Å². The average molecular weight is 420 g/mol. The van der Waals surface area contributed by atoms with Crippen molar-refractivity contribution in [1.29, 1.82) is 0 Å². The molecular weight excluding hydrogens is 407 g/mol. The molecular formula is C19H13ClF3N5O. The number of halogens is 4. The van der Waals surface area contributed by atoms with Gasteiger partial charge in [0.25, 0.3) is 12.3 Å². The highest BCUT2D eigenvalue weighted by Crippen LogP contribution is 2.33. The van der Waals surface area contributed by atoms with E-state index in [4.69, 9.17) is 17.3 Å². The molecule has 0 radical (unpaired) electrons. The number of hydrogen-bond acceptors (Lipinski definition) is 3. The molecule has 4 rings (SSSR count). The number of aromatic nitrogens is 4. The molecule has 6 nitrogen and oxygen atoms in total. The summed E-state index contributed by atoms with van der Waals surface area (Å²) in [5, 5.41) is 4.12.